The van der Waals surface area contributed by atoms with Crippen molar-refractivity contribution in [3.63, 3.8) is 0 Å². The topological polar surface area (TPSA) is 49.6 Å². The number of carbonyl (C=O) groups excluding carboxylic acids is 1. The molecule has 1 aliphatic heterocycles. The summed E-state index contributed by atoms with van der Waals surface area (Å²) in [6, 6.07) is 4.18. The van der Waals surface area contributed by atoms with Crippen molar-refractivity contribution in [3.05, 3.63) is 23.3 Å². The number of anilines is 2. The van der Waals surface area contributed by atoms with Crippen LogP contribution in [0.1, 0.15) is 18.1 Å². The molecule has 0 atom stereocenters. The molecule has 4 heteroatoms. The highest BCUT2D eigenvalue weighted by Gasteiger charge is 2.20. The van der Waals surface area contributed by atoms with Crippen LogP contribution in [-0.2, 0) is 4.79 Å². The largest absolute Gasteiger partial charge is 0.397 e. The number of hydrogen-bond donors (Lipinski definition) is 1. The number of aryl methyl sites for hydroxylation is 2. The minimum Gasteiger partial charge on any atom is -0.397 e. The van der Waals surface area contributed by atoms with Crippen molar-refractivity contribution >= 4 is 17.3 Å². The molecule has 1 aromatic carbocycles. The predicted molar refractivity (Wildman–Crippen MR) is 74.8 cm³/mol. The minimum atomic E-state index is 0.155. The van der Waals surface area contributed by atoms with E-state index in [4.69, 9.17) is 5.73 Å². The maximum Gasteiger partial charge on any atom is 0.219 e. The van der Waals surface area contributed by atoms with E-state index in [1.165, 1.54) is 11.1 Å². The average molecular weight is 247 g/mol. The van der Waals surface area contributed by atoms with E-state index in [1.54, 1.807) is 6.92 Å². The van der Waals surface area contributed by atoms with Crippen LogP contribution in [-0.4, -0.2) is 37.0 Å². The summed E-state index contributed by atoms with van der Waals surface area (Å²) in [7, 11) is 0. The lowest BCUT2D eigenvalue weighted by atomic mass is 10.1. The van der Waals surface area contributed by atoms with E-state index >= 15 is 0 Å². The van der Waals surface area contributed by atoms with Crippen LogP contribution < -0.4 is 10.6 Å². The van der Waals surface area contributed by atoms with Gasteiger partial charge in [0.15, 0.2) is 0 Å². The van der Waals surface area contributed by atoms with E-state index in [1.807, 2.05) is 11.0 Å². The monoisotopic (exact) mass is 247 g/mol. The summed E-state index contributed by atoms with van der Waals surface area (Å²) in [6.07, 6.45) is 0. The maximum absolute atomic E-state index is 11.3. The number of amides is 1. The summed E-state index contributed by atoms with van der Waals surface area (Å²) in [6.45, 7) is 9.06. The molecule has 0 saturated carbocycles. The second kappa shape index (κ2) is 4.88. The standard InChI is InChI=1S/C14H21N3O/c1-10-8-13(15)14(9-11(10)2)17-6-4-16(5-7-17)12(3)18/h8-9H,4-7,15H2,1-3H3. The number of nitrogens with two attached hydrogens (primary N) is 1. The fourth-order valence-corrected chi connectivity index (χ4v) is 2.36. The lowest BCUT2D eigenvalue weighted by Crippen LogP contribution is -2.48. The Labute approximate surface area is 108 Å². The predicted octanol–water partition coefficient (Wildman–Crippen LogP) is 1.55. The van der Waals surface area contributed by atoms with Crippen LogP contribution in [0.3, 0.4) is 0 Å². The van der Waals surface area contributed by atoms with E-state index in [9.17, 15) is 4.79 Å². The van der Waals surface area contributed by atoms with Crippen LogP contribution in [0, 0.1) is 13.8 Å². The van der Waals surface area contributed by atoms with Gasteiger partial charge in [-0.1, -0.05) is 0 Å². The molecule has 0 aromatic heterocycles. The number of carbonyl (C=O) groups is 1. The van der Waals surface area contributed by atoms with Crippen LogP contribution >= 0.6 is 0 Å². The van der Waals surface area contributed by atoms with E-state index in [2.05, 4.69) is 24.8 Å². The quantitative estimate of drug-likeness (QED) is 0.766. The highest BCUT2D eigenvalue weighted by atomic mass is 16.2. The maximum atomic E-state index is 11.3. The summed E-state index contributed by atoms with van der Waals surface area (Å²) >= 11 is 0. The molecule has 1 fully saturated rings. The number of piperazine rings is 1. The highest BCUT2D eigenvalue weighted by Crippen LogP contribution is 2.27. The van der Waals surface area contributed by atoms with Crippen LogP contribution in [0.5, 0.6) is 0 Å². The molecule has 98 valence electrons. The van der Waals surface area contributed by atoms with Gasteiger partial charge in [0.25, 0.3) is 0 Å². The first kappa shape index (κ1) is 12.7. The number of hydrogen-bond acceptors (Lipinski definition) is 3. The van der Waals surface area contributed by atoms with Gasteiger partial charge in [0.2, 0.25) is 5.91 Å². The van der Waals surface area contributed by atoms with Crippen LogP contribution in [0.4, 0.5) is 11.4 Å². The molecule has 1 saturated heterocycles. The van der Waals surface area contributed by atoms with Gasteiger partial charge >= 0.3 is 0 Å². The molecule has 2 rings (SSSR count). The van der Waals surface area contributed by atoms with E-state index < -0.39 is 0 Å². The van der Waals surface area contributed by atoms with Crippen molar-refractivity contribution in [2.24, 2.45) is 0 Å². The highest BCUT2D eigenvalue weighted by molar-refractivity contribution is 5.74. The molecule has 0 radical (unpaired) electrons. The molecule has 1 heterocycles. The zero-order valence-electron chi connectivity index (χ0n) is 11.4. The molecule has 1 aromatic rings. The smallest absolute Gasteiger partial charge is 0.219 e. The van der Waals surface area contributed by atoms with Gasteiger partial charge in [-0.05, 0) is 37.1 Å². The molecular formula is C14H21N3O. The fraction of sp³-hybridized carbons (Fsp3) is 0.500. The van der Waals surface area contributed by atoms with Gasteiger partial charge < -0.3 is 15.5 Å². The Hall–Kier alpha value is -1.71. The van der Waals surface area contributed by atoms with Gasteiger partial charge in [0.05, 0.1) is 11.4 Å². The first-order chi connectivity index (χ1) is 8.49. The van der Waals surface area contributed by atoms with E-state index in [-0.39, 0.29) is 5.91 Å². The van der Waals surface area contributed by atoms with Crippen molar-refractivity contribution in [2.45, 2.75) is 20.8 Å². The third kappa shape index (κ3) is 2.42. The summed E-state index contributed by atoms with van der Waals surface area (Å²) in [5.41, 5.74) is 10.5. The van der Waals surface area contributed by atoms with Crippen molar-refractivity contribution < 1.29 is 4.79 Å². The Bertz CT molecular complexity index is 462. The van der Waals surface area contributed by atoms with Gasteiger partial charge in [-0.15, -0.1) is 0 Å². The summed E-state index contributed by atoms with van der Waals surface area (Å²) in [5.74, 6) is 0.155. The van der Waals surface area contributed by atoms with Gasteiger partial charge in [-0.2, -0.15) is 0 Å². The van der Waals surface area contributed by atoms with Crippen molar-refractivity contribution in [3.8, 4) is 0 Å². The lowest BCUT2D eigenvalue weighted by Gasteiger charge is -2.36. The van der Waals surface area contributed by atoms with Gasteiger partial charge in [-0.3, -0.25) is 4.79 Å². The Balaban J connectivity index is 2.15. The van der Waals surface area contributed by atoms with Crippen LogP contribution in [0.25, 0.3) is 0 Å². The van der Waals surface area contributed by atoms with E-state index in [0.717, 1.165) is 37.6 Å². The van der Waals surface area contributed by atoms with Crippen molar-refractivity contribution in [1.29, 1.82) is 0 Å². The van der Waals surface area contributed by atoms with Gasteiger partial charge in [0, 0.05) is 33.1 Å². The normalized spacial score (nSPS) is 15.9. The fourth-order valence-electron chi connectivity index (χ4n) is 2.36. The molecule has 0 unspecified atom stereocenters. The van der Waals surface area contributed by atoms with E-state index in [0.29, 0.717) is 0 Å². The van der Waals surface area contributed by atoms with Crippen molar-refractivity contribution in [1.82, 2.24) is 4.90 Å². The molecule has 2 N–H and O–H groups in total. The first-order valence-electron chi connectivity index (χ1n) is 6.36. The number of rotatable bonds is 1. The number of nitrogens with zero attached hydrogens (tertiary/aromatic N) is 2. The van der Waals surface area contributed by atoms with Gasteiger partial charge in [-0.25, -0.2) is 0 Å². The first-order valence-corrected chi connectivity index (χ1v) is 6.36. The second-order valence-corrected chi connectivity index (χ2v) is 4.99. The van der Waals surface area contributed by atoms with Crippen LogP contribution in [0.2, 0.25) is 0 Å². The molecule has 4 nitrogen and oxygen atoms in total. The second-order valence-electron chi connectivity index (χ2n) is 4.99. The minimum absolute atomic E-state index is 0.155. The molecule has 1 amide bonds. The molecular weight excluding hydrogens is 226 g/mol. The summed E-state index contributed by atoms with van der Waals surface area (Å²) in [5, 5.41) is 0. The zero-order chi connectivity index (χ0) is 13.3. The Kier molecular flexibility index (Phi) is 3.45. The van der Waals surface area contributed by atoms with Crippen LogP contribution in [0.15, 0.2) is 12.1 Å². The molecule has 1 aliphatic rings. The number of nitrogen functional groups attached to an aromatic ring is 1. The lowest BCUT2D eigenvalue weighted by molar-refractivity contribution is -0.129. The Morgan fingerprint density at radius 1 is 1.11 bits per heavy atom. The Morgan fingerprint density at radius 2 is 1.67 bits per heavy atom. The molecule has 18 heavy (non-hydrogen) atoms. The molecule has 0 spiro atoms. The summed E-state index contributed by atoms with van der Waals surface area (Å²) in [4.78, 5) is 15.4. The SMILES string of the molecule is CC(=O)N1CCN(c2cc(C)c(C)cc2N)CC1. The third-order valence-electron chi connectivity index (χ3n) is 3.71. The van der Waals surface area contributed by atoms with Gasteiger partial charge in [0.1, 0.15) is 0 Å². The molecule has 0 aliphatic carbocycles. The number of benzene rings is 1. The third-order valence-corrected chi connectivity index (χ3v) is 3.71. The van der Waals surface area contributed by atoms with Crippen molar-refractivity contribution in [2.75, 3.05) is 36.8 Å². The zero-order valence-corrected chi connectivity index (χ0v) is 11.4. The Morgan fingerprint density at radius 3 is 2.22 bits per heavy atom. The average Bonchev–Trinajstić information content (AvgIpc) is 2.34. The summed E-state index contributed by atoms with van der Waals surface area (Å²) < 4.78 is 0. The molecule has 0 bridgehead atoms.